The molecule has 7 heteroatoms. The first kappa shape index (κ1) is 20.8. The summed E-state index contributed by atoms with van der Waals surface area (Å²) in [5.41, 5.74) is 2.44. The van der Waals surface area contributed by atoms with E-state index < -0.39 is 0 Å². The third kappa shape index (κ3) is 5.79. The number of benzene rings is 2. The van der Waals surface area contributed by atoms with Crippen LogP contribution in [0.5, 0.6) is 0 Å². The van der Waals surface area contributed by atoms with Crippen molar-refractivity contribution >= 4 is 33.4 Å². The van der Waals surface area contributed by atoms with Gasteiger partial charge in [0.1, 0.15) is 5.76 Å². The standard InChI is InChI=1S/C24H23N3O3S/c28-22(11-4-12-23-27-20-9-1-2-10-21(20)31-23)25-15-17-6-3-7-18(14-17)24(29)26-16-19-8-5-13-30-19/h1-3,5-10,13-14H,4,11-12,15-16H2,(H,25,28)(H,26,29). The summed E-state index contributed by atoms with van der Waals surface area (Å²) in [6.45, 7) is 0.723. The van der Waals surface area contributed by atoms with Gasteiger partial charge in [-0.1, -0.05) is 24.3 Å². The highest BCUT2D eigenvalue weighted by Crippen LogP contribution is 2.22. The number of fused-ring (bicyclic) bond motifs is 1. The van der Waals surface area contributed by atoms with Crippen LogP contribution in [0.25, 0.3) is 10.2 Å². The Labute approximate surface area is 184 Å². The molecule has 31 heavy (non-hydrogen) atoms. The summed E-state index contributed by atoms with van der Waals surface area (Å²) < 4.78 is 6.39. The molecule has 0 saturated carbocycles. The van der Waals surface area contributed by atoms with Gasteiger partial charge in [-0.25, -0.2) is 4.98 Å². The van der Waals surface area contributed by atoms with E-state index in [1.807, 2.05) is 36.4 Å². The molecular weight excluding hydrogens is 410 g/mol. The fourth-order valence-corrected chi connectivity index (χ4v) is 4.23. The van der Waals surface area contributed by atoms with Crippen molar-refractivity contribution in [3.8, 4) is 0 Å². The third-order valence-corrected chi connectivity index (χ3v) is 5.91. The van der Waals surface area contributed by atoms with Crippen molar-refractivity contribution in [1.29, 1.82) is 0 Å². The molecule has 0 saturated heterocycles. The molecule has 0 spiro atoms. The average molecular weight is 434 g/mol. The predicted molar refractivity (Wildman–Crippen MR) is 121 cm³/mol. The number of furan rings is 1. The molecule has 2 heterocycles. The van der Waals surface area contributed by atoms with Crippen molar-refractivity contribution in [2.45, 2.75) is 32.4 Å². The Balaban J connectivity index is 1.21. The highest BCUT2D eigenvalue weighted by Gasteiger charge is 2.09. The van der Waals surface area contributed by atoms with Crippen molar-refractivity contribution in [2.75, 3.05) is 0 Å². The smallest absolute Gasteiger partial charge is 0.251 e. The number of rotatable bonds is 9. The summed E-state index contributed by atoms with van der Waals surface area (Å²) >= 11 is 1.68. The van der Waals surface area contributed by atoms with Gasteiger partial charge in [-0.15, -0.1) is 11.3 Å². The molecule has 0 radical (unpaired) electrons. The summed E-state index contributed by atoms with van der Waals surface area (Å²) in [4.78, 5) is 29.1. The van der Waals surface area contributed by atoms with Crippen LogP contribution in [-0.4, -0.2) is 16.8 Å². The maximum atomic E-state index is 12.3. The number of amides is 2. The molecule has 2 amide bonds. The monoisotopic (exact) mass is 433 g/mol. The first-order chi connectivity index (χ1) is 15.2. The van der Waals surface area contributed by atoms with Gasteiger partial charge >= 0.3 is 0 Å². The van der Waals surface area contributed by atoms with Crippen molar-refractivity contribution < 1.29 is 14.0 Å². The van der Waals surface area contributed by atoms with Gasteiger partial charge in [0.15, 0.2) is 0 Å². The van der Waals surface area contributed by atoms with Crippen LogP contribution in [0.2, 0.25) is 0 Å². The van der Waals surface area contributed by atoms with E-state index in [2.05, 4.69) is 21.7 Å². The van der Waals surface area contributed by atoms with Gasteiger partial charge in [0.25, 0.3) is 5.91 Å². The predicted octanol–water partition coefficient (Wildman–Crippen LogP) is 4.46. The zero-order valence-electron chi connectivity index (χ0n) is 17.0. The van der Waals surface area contributed by atoms with E-state index in [4.69, 9.17) is 4.42 Å². The second-order valence-corrected chi connectivity index (χ2v) is 8.28. The maximum absolute atomic E-state index is 12.3. The molecule has 0 atom stereocenters. The number of aromatic nitrogens is 1. The molecule has 6 nitrogen and oxygen atoms in total. The zero-order chi connectivity index (χ0) is 21.5. The van der Waals surface area contributed by atoms with E-state index in [9.17, 15) is 9.59 Å². The molecule has 2 aromatic carbocycles. The lowest BCUT2D eigenvalue weighted by atomic mass is 10.1. The number of para-hydroxylation sites is 1. The van der Waals surface area contributed by atoms with Crippen LogP contribution in [0, 0.1) is 0 Å². The number of carbonyl (C=O) groups excluding carboxylic acids is 2. The van der Waals surface area contributed by atoms with Crippen LogP contribution in [0.3, 0.4) is 0 Å². The molecule has 0 aliphatic rings. The minimum atomic E-state index is -0.180. The van der Waals surface area contributed by atoms with E-state index in [1.165, 1.54) is 4.70 Å². The fourth-order valence-electron chi connectivity index (χ4n) is 3.22. The van der Waals surface area contributed by atoms with E-state index in [1.54, 1.807) is 35.8 Å². The molecule has 0 bridgehead atoms. The maximum Gasteiger partial charge on any atom is 0.251 e. The Bertz CT molecular complexity index is 1130. The Kier molecular flexibility index (Phi) is 6.74. The van der Waals surface area contributed by atoms with Gasteiger partial charge in [-0.3, -0.25) is 9.59 Å². The molecule has 0 aliphatic carbocycles. The molecule has 0 fully saturated rings. The van der Waals surface area contributed by atoms with Crippen LogP contribution in [0.1, 0.15) is 39.5 Å². The quantitative estimate of drug-likeness (QED) is 0.408. The van der Waals surface area contributed by atoms with Gasteiger partial charge in [-0.05, 0) is 54.8 Å². The van der Waals surface area contributed by atoms with Crippen LogP contribution in [-0.2, 0) is 24.3 Å². The number of hydrogen-bond donors (Lipinski definition) is 2. The minimum Gasteiger partial charge on any atom is -0.467 e. The van der Waals surface area contributed by atoms with Gasteiger partial charge < -0.3 is 15.1 Å². The number of nitrogens with zero attached hydrogens (tertiary/aromatic N) is 1. The molecule has 0 unspecified atom stereocenters. The number of carbonyl (C=O) groups is 2. The number of hydrogen-bond acceptors (Lipinski definition) is 5. The Morgan fingerprint density at radius 1 is 0.968 bits per heavy atom. The van der Waals surface area contributed by atoms with E-state index in [0.717, 1.165) is 28.9 Å². The average Bonchev–Trinajstić information content (AvgIpc) is 3.45. The largest absolute Gasteiger partial charge is 0.467 e. The number of aryl methyl sites for hydroxylation is 1. The second-order valence-electron chi connectivity index (χ2n) is 7.17. The van der Waals surface area contributed by atoms with Gasteiger partial charge in [0, 0.05) is 18.5 Å². The lowest BCUT2D eigenvalue weighted by molar-refractivity contribution is -0.121. The lowest BCUT2D eigenvalue weighted by Gasteiger charge is -2.08. The second kappa shape index (κ2) is 10.0. The first-order valence-electron chi connectivity index (χ1n) is 10.2. The minimum absolute atomic E-state index is 0.00575. The Morgan fingerprint density at radius 3 is 2.71 bits per heavy atom. The highest BCUT2D eigenvalue weighted by atomic mass is 32.1. The summed E-state index contributed by atoms with van der Waals surface area (Å²) in [6, 6.07) is 18.9. The normalized spacial score (nSPS) is 10.8. The topological polar surface area (TPSA) is 84.2 Å². The SMILES string of the molecule is O=C(CCCc1nc2ccccc2s1)NCc1cccc(C(=O)NCc2ccco2)c1. The summed E-state index contributed by atoms with van der Waals surface area (Å²) in [5, 5.41) is 6.81. The van der Waals surface area contributed by atoms with Gasteiger partial charge in [0.05, 0.1) is 28.0 Å². The highest BCUT2D eigenvalue weighted by molar-refractivity contribution is 7.18. The molecule has 158 valence electrons. The van der Waals surface area contributed by atoms with Crippen LogP contribution in [0.4, 0.5) is 0 Å². The lowest BCUT2D eigenvalue weighted by Crippen LogP contribution is -2.24. The molecular formula is C24H23N3O3S. The molecule has 2 N–H and O–H groups in total. The van der Waals surface area contributed by atoms with E-state index in [0.29, 0.717) is 30.8 Å². The van der Waals surface area contributed by atoms with Crippen LogP contribution < -0.4 is 10.6 Å². The Hall–Kier alpha value is -3.45. The van der Waals surface area contributed by atoms with Crippen molar-refractivity contribution in [3.05, 3.63) is 88.8 Å². The summed E-state index contributed by atoms with van der Waals surface area (Å²) in [6.07, 6.45) is 3.56. The number of nitrogens with one attached hydrogen (secondary N) is 2. The third-order valence-electron chi connectivity index (χ3n) is 4.81. The van der Waals surface area contributed by atoms with Crippen LogP contribution >= 0.6 is 11.3 Å². The fraction of sp³-hybridized carbons (Fsp3) is 0.208. The first-order valence-corrected chi connectivity index (χ1v) is 11.0. The zero-order valence-corrected chi connectivity index (χ0v) is 17.8. The number of thiazole rings is 1. The van der Waals surface area contributed by atoms with E-state index >= 15 is 0 Å². The van der Waals surface area contributed by atoms with Crippen molar-refractivity contribution in [2.24, 2.45) is 0 Å². The Morgan fingerprint density at radius 2 is 1.87 bits per heavy atom. The summed E-state index contributed by atoms with van der Waals surface area (Å²) in [5.74, 6) is 0.511. The summed E-state index contributed by atoms with van der Waals surface area (Å²) in [7, 11) is 0. The molecule has 4 rings (SSSR count). The van der Waals surface area contributed by atoms with Crippen molar-refractivity contribution in [3.63, 3.8) is 0 Å². The van der Waals surface area contributed by atoms with Gasteiger partial charge in [0.2, 0.25) is 5.91 Å². The van der Waals surface area contributed by atoms with Crippen LogP contribution in [0.15, 0.2) is 71.3 Å². The molecule has 4 aromatic rings. The molecule has 2 aromatic heterocycles. The van der Waals surface area contributed by atoms with Crippen molar-refractivity contribution in [1.82, 2.24) is 15.6 Å². The molecule has 0 aliphatic heterocycles. The van der Waals surface area contributed by atoms with Gasteiger partial charge in [-0.2, -0.15) is 0 Å². The van der Waals surface area contributed by atoms with E-state index in [-0.39, 0.29) is 11.8 Å².